The summed E-state index contributed by atoms with van der Waals surface area (Å²) in [6.07, 6.45) is -4.21. The molecule has 1 rings (SSSR count). The Bertz CT molecular complexity index is 464. The molecule has 0 heterocycles. The lowest BCUT2D eigenvalue weighted by Crippen LogP contribution is -2.12. The lowest BCUT2D eigenvalue weighted by atomic mass is 10.0. The number of benzene rings is 1. The summed E-state index contributed by atoms with van der Waals surface area (Å²) < 4.78 is 37.9. The van der Waals surface area contributed by atoms with Crippen LogP contribution in [-0.2, 0) is 6.18 Å². The van der Waals surface area contributed by atoms with E-state index in [1.807, 2.05) is 0 Å². The Balaban J connectivity index is 2.96. The quantitative estimate of drug-likeness (QED) is 0.581. The van der Waals surface area contributed by atoms with Crippen LogP contribution in [0.1, 0.15) is 35.7 Å². The van der Waals surface area contributed by atoms with Crippen molar-refractivity contribution in [3.05, 3.63) is 35.4 Å². The summed E-state index contributed by atoms with van der Waals surface area (Å²) in [7, 11) is 0. The van der Waals surface area contributed by atoms with Crippen LogP contribution in [0.4, 0.5) is 13.2 Å². The van der Waals surface area contributed by atoms with Gasteiger partial charge in [0.1, 0.15) is 0 Å². The van der Waals surface area contributed by atoms with Crippen LogP contribution in [-0.4, -0.2) is 5.78 Å². The third-order valence-electron chi connectivity index (χ3n) is 2.19. The van der Waals surface area contributed by atoms with E-state index in [4.69, 9.17) is 0 Å². The van der Waals surface area contributed by atoms with Gasteiger partial charge in [0, 0.05) is 18.4 Å². The van der Waals surface area contributed by atoms with Gasteiger partial charge >= 0.3 is 6.18 Å². The Hall–Kier alpha value is -1.76. The standard InChI is InChI=1S/C13H11F3O/c1-2-3-4-9-12(17)10-7-5-6-8-11(10)13(14,15)16/h5-8H,4,9H2,1H3. The summed E-state index contributed by atoms with van der Waals surface area (Å²) in [6, 6.07) is 4.81. The summed E-state index contributed by atoms with van der Waals surface area (Å²) in [5.41, 5.74) is -1.16. The first-order chi connectivity index (χ1) is 7.96. The summed E-state index contributed by atoms with van der Waals surface area (Å²) in [5.74, 6) is 4.72. The highest BCUT2D eigenvalue weighted by Gasteiger charge is 2.34. The maximum atomic E-state index is 12.6. The zero-order valence-electron chi connectivity index (χ0n) is 9.27. The molecule has 0 bridgehead atoms. The first-order valence-corrected chi connectivity index (χ1v) is 5.06. The van der Waals surface area contributed by atoms with E-state index in [9.17, 15) is 18.0 Å². The molecule has 1 nitrogen and oxygen atoms in total. The molecule has 0 spiro atoms. The van der Waals surface area contributed by atoms with E-state index in [0.717, 1.165) is 6.07 Å². The van der Waals surface area contributed by atoms with E-state index in [-0.39, 0.29) is 18.4 Å². The molecule has 0 atom stereocenters. The Morgan fingerprint density at radius 3 is 2.53 bits per heavy atom. The van der Waals surface area contributed by atoms with Crippen molar-refractivity contribution in [2.45, 2.75) is 25.9 Å². The minimum Gasteiger partial charge on any atom is -0.294 e. The zero-order valence-corrected chi connectivity index (χ0v) is 9.27. The molecule has 0 unspecified atom stereocenters. The van der Waals surface area contributed by atoms with Crippen LogP contribution < -0.4 is 0 Å². The van der Waals surface area contributed by atoms with Gasteiger partial charge in [-0.05, 0) is 13.0 Å². The van der Waals surface area contributed by atoms with Crippen molar-refractivity contribution in [1.82, 2.24) is 0 Å². The second-order valence-electron chi connectivity index (χ2n) is 3.39. The number of halogens is 3. The van der Waals surface area contributed by atoms with Gasteiger partial charge in [-0.2, -0.15) is 13.2 Å². The zero-order chi connectivity index (χ0) is 12.9. The molecule has 1 aromatic rings. The largest absolute Gasteiger partial charge is 0.417 e. The van der Waals surface area contributed by atoms with Gasteiger partial charge in [0.25, 0.3) is 0 Å². The third kappa shape index (κ3) is 3.63. The van der Waals surface area contributed by atoms with Crippen LogP contribution in [0.2, 0.25) is 0 Å². The van der Waals surface area contributed by atoms with Crippen molar-refractivity contribution in [3.63, 3.8) is 0 Å². The van der Waals surface area contributed by atoms with Crippen molar-refractivity contribution < 1.29 is 18.0 Å². The van der Waals surface area contributed by atoms with Crippen LogP contribution in [0.3, 0.4) is 0 Å². The smallest absolute Gasteiger partial charge is 0.294 e. The third-order valence-corrected chi connectivity index (χ3v) is 2.19. The Morgan fingerprint density at radius 2 is 1.94 bits per heavy atom. The fourth-order valence-electron chi connectivity index (χ4n) is 1.41. The molecular weight excluding hydrogens is 229 g/mol. The van der Waals surface area contributed by atoms with Crippen LogP contribution >= 0.6 is 0 Å². The molecule has 0 N–H and O–H groups in total. The highest BCUT2D eigenvalue weighted by molar-refractivity contribution is 5.97. The van der Waals surface area contributed by atoms with Crippen molar-refractivity contribution >= 4 is 5.78 Å². The molecule has 0 saturated carbocycles. The average molecular weight is 240 g/mol. The van der Waals surface area contributed by atoms with E-state index in [2.05, 4.69) is 11.8 Å². The first kappa shape index (κ1) is 13.3. The molecular formula is C13H11F3O. The molecule has 17 heavy (non-hydrogen) atoms. The predicted octanol–water partition coefficient (Wildman–Crippen LogP) is 3.69. The van der Waals surface area contributed by atoms with Gasteiger partial charge in [0.15, 0.2) is 5.78 Å². The van der Waals surface area contributed by atoms with E-state index < -0.39 is 17.5 Å². The van der Waals surface area contributed by atoms with E-state index in [0.29, 0.717) is 0 Å². The Kier molecular flexibility index (Phi) is 4.33. The number of ketones is 1. The molecule has 0 aliphatic heterocycles. The first-order valence-electron chi connectivity index (χ1n) is 5.06. The highest BCUT2D eigenvalue weighted by atomic mass is 19.4. The average Bonchev–Trinajstić information content (AvgIpc) is 2.28. The maximum absolute atomic E-state index is 12.6. The normalized spacial score (nSPS) is 10.6. The number of carbonyl (C=O) groups is 1. The molecule has 4 heteroatoms. The monoisotopic (exact) mass is 240 g/mol. The molecule has 0 radical (unpaired) electrons. The van der Waals surface area contributed by atoms with Gasteiger partial charge in [-0.3, -0.25) is 4.79 Å². The molecule has 0 fully saturated rings. The van der Waals surface area contributed by atoms with Crippen LogP contribution in [0.5, 0.6) is 0 Å². The Labute approximate surface area is 97.6 Å². The Morgan fingerprint density at radius 1 is 1.29 bits per heavy atom. The second-order valence-corrected chi connectivity index (χ2v) is 3.39. The number of rotatable bonds is 3. The van der Waals surface area contributed by atoms with Crippen molar-refractivity contribution in [3.8, 4) is 11.8 Å². The number of alkyl halides is 3. The van der Waals surface area contributed by atoms with Crippen molar-refractivity contribution in [2.75, 3.05) is 0 Å². The van der Waals surface area contributed by atoms with Crippen molar-refractivity contribution in [2.24, 2.45) is 0 Å². The second kappa shape index (κ2) is 5.53. The van der Waals surface area contributed by atoms with Gasteiger partial charge in [0.2, 0.25) is 0 Å². The predicted molar refractivity (Wildman–Crippen MR) is 58.5 cm³/mol. The highest BCUT2D eigenvalue weighted by Crippen LogP contribution is 2.32. The lowest BCUT2D eigenvalue weighted by molar-refractivity contribution is -0.137. The molecule has 0 saturated heterocycles. The topological polar surface area (TPSA) is 17.1 Å². The maximum Gasteiger partial charge on any atom is 0.417 e. The molecule has 0 aromatic heterocycles. The molecule has 0 aliphatic carbocycles. The number of carbonyl (C=O) groups excluding carboxylic acids is 1. The van der Waals surface area contributed by atoms with E-state index in [1.54, 1.807) is 6.92 Å². The molecule has 0 amide bonds. The van der Waals surface area contributed by atoms with Crippen LogP contribution in [0.15, 0.2) is 24.3 Å². The minimum atomic E-state index is -4.50. The van der Waals surface area contributed by atoms with E-state index in [1.165, 1.54) is 18.2 Å². The van der Waals surface area contributed by atoms with Gasteiger partial charge in [-0.15, -0.1) is 11.8 Å². The van der Waals surface area contributed by atoms with Gasteiger partial charge in [0.05, 0.1) is 5.56 Å². The van der Waals surface area contributed by atoms with Gasteiger partial charge in [-0.1, -0.05) is 18.2 Å². The summed E-state index contributed by atoms with van der Waals surface area (Å²) >= 11 is 0. The number of hydrogen-bond acceptors (Lipinski definition) is 1. The summed E-state index contributed by atoms with van der Waals surface area (Å²) in [6.45, 7) is 1.62. The van der Waals surface area contributed by atoms with Gasteiger partial charge in [-0.25, -0.2) is 0 Å². The summed E-state index contributed by atoms with van der Waals surface area (Å²) in [5, 5.41) is 0. The molecule has 90 valence electrons. The fraction of sp³-hybridized carbons (Fsp3) is 0.308. The number of Topliss-reactive ketones (excluding diaryl/α,β-unsaturated/α-hetero) is 1. The SMILES string of the molecule is CC#CCCC(=O)c1ccccc1C(F)(F)F. The lowest BCUT2D eigenvalue weighted by Gasteiger charge is -2.10. The van der Waals surface area contributed by atoms with E-state index >= 15 is 0 Å². The van der Waals surface area contributed by atoms with Gasteiger partial charge < -0.3 is 0 Å². The number of hydrogen-bond donors (Lipinski definition) is 0. The summed E-state index contributed by atoms with van der Waals surface area (Å²) in [4.78, 5) is 11.6. The molecule has 0 aliphatic rings. The fourth-order valence-corrected chi connectivity index (χ4v) is 1.41. The van der Waals surface area contributed by atoms with Crippen LogP contribution in [0.25, 0.3) is 0 Å². The van der Waals surface area contributed by atoms with Crippen LogP contribution in [0, 0.1) is 11.8 Å². The van der Waals surface area contributed by atoms with Crippen molar-refractivity contribution in [1.29, 1.82) is 0 Å². The minimum absolute atomic E-state index is 0.00787. The molecule has 1 aromatic carbocycles.